The van der Waals surface area contributed by atoms with Crippen LogP contribution < -0.4 is 24.8 Å². The van der Waals surface area contributed by atoms with Gasteiger partial charge in [-0.25, -0.2) is 0 Å². The van der Waals surface area contributed by atoms with Gasteiger partial charge in [-0.3, -0.25) is 24.2 Å². The van der Waals surface area contributed by atoms with Crippen LogP contribution in [0, 0.1) is 32.1 Å². The first-order valence-corrected chi connectivity index (χ1v) is 19.9. The van der Waals surface area contributed by atoms with Crippen molar-refractivity contribution in [3.05, 3.63) is 80.9 Å². The predicted molar refractivity (Wildman–Crippen MR) is 210 cm³/mol. The maximum Gasteiger partial charge on any atom is 0.311 e. The average Bonchev–Trinajstić information content (AvgIpc) is 3.68. The minimum absolute atomic E-state index is 0.0186. The van der Waals surface area contributed by atoms with Gasteiger partial charge in [0.05, 0.1) is 18.2 Å². The minimum atomic E-state index is -0.819. The number of amides is 2. The molecule has 4 aliphatic heterocycles. The summed E-state index contributed by atoms with van der Waals surface area (Å²) in [6.45, 7) is 9.62. The van der Waals surface area contributed by atoms with Gasteiger partial charge in [-0.1, -0.05) is 56.2 Å². The number of aryl methyl sites for hydroxylation is 2. The van der Waals surface area contributed by atoms with Crippen LogP contribution in [-0.4, -0.2) is 77.2 Å². The van der Waals surface area contributed by atoms with Gasteiger partial charge in [0.2, 0.25) is 18.6 Å². The van der Waals surface area contributed by atoms with E-state index in [9.17, 15) is 24.8 Å². The number of carbonyl (C=O) groups is 3. The number of unbranched alkanes of at least 4 members (excludes halogenated alkanes) is 2. The molecule has 12 heteroatoms. The molecule has 2 amide bonds. The number of fused-ring (bicyclic) bond motifs is 9. The Balaban J connectivity index is 1.25. The van der Waals surface area contributed by atoms with Gasteiger partial charge in [-0.15, -0.1) is 0 Å². The van der Waals surface area contributed by atoms with E-state index in [0.29, 0.717) is 59.6 Å². The summed E-state index contributed by atoms with van der Waals surface area (Å²) in [5.41, 5.74) is 6.86. The Morgan fingerprint density at radius 3 is 2.50 bits per heavy atom. The molecule has 0 radical (unpaired) electrons. The Bertz CT molecular complexity index is 2060. The second-order valence-electron chi connectivity index (χ2n) is 15.8. The minimum Gasteiger partial charge on any atom is -0.507 e. The molecule has 296 valence electrons. The number of hydrogen-bond donors (Lipinski definition) is 3. The van der Waals surface area contributed by atoms with Crippen molar-refractivity contribution < 1.29 is 33.7 Å². The topological polar surface area (TPSA) is 153 Å². The average molecular weight is 764 g/mol. The highest BCUT2D eigenvalue weighted by molar-refractivity contribution is 5.87. The number of rotatable bonds is 12. The first-order chi connectivity index (χ1) is 26.9. The Morgan fingerprint density at radius 2 is 1.77 bits per heavy atom. The number of benzene rings is 3. The lowest BCUT2D eigenvalue weighted by molar-refractivity contribution is -0.134. The van der Waals surface area contributed by atoms with Gasteiger partial charge in [0, 0.05) is 53.7 Å². The van der Waals surface area contributed by atoms with Crippen molar-refractivity contribution in [2.75, 3.05) is 20.4 Å². The number of carbonyl (C=O) groups excluding carboxylic acids is 3. The van der Waals surface area contributed by atoms with E-state index in [1.54, 1.807) is 13.8 Å². The number of esters is 1. The third-order valence-electron chi connectivity index (χ3n) is 12.4. The number of phenolic OH excluding ortho intramolecular Hbond substituents is 1. The van der Waals surface area contributed by atoms with Gasteiger partial charge in [-0.2, -0.15) is 5.26 Å². The highest BCUT2D eigenvalue weighted by Gasteiger charge is 2.56. The smallest absolute Gasteiger partial charge is 0.311 e. The Morgan fingerprint density at radius 1 is 1.02 bits per heavy atom. The van der Waals surface area contributed by atoms with Crippen molar-refractivity contribution in [1.82, 2.24) is 20.4 Å². The molecule has 0 saturated carbocycles. The summed E-state index contributed by atoms with van der Waals surface area (Å²) in [5, 5.41) is 28.8. The van der Waals surface area contributed by atoms with Crippen LogP contribution in [0.2, 0.25) is 0 Å². The Labute approximate surface area is 329 Å². The number of hydrogen-bond acceptors (Lipinski definition) is 10. The van der Waals surface area contributed by atoms with Crippen molar-refractivity contribution in [2.24, 2.45) is 0 Å². The van der Waals surface area contributed by atoms with Crippen LogP contribution in [0.25, 0.3) is 0 Å². The van der Waals surface area contributed by atoms with E-state index in [-0.39, 0.29) is 61.4 Å². The molecule has 1 saturated heterocycles. The fraction of sp³-hybridized carbons (Fsp3) is 0.500. The maximum absolute atomic E-state index is 13.7. The van der Waals surface area contributed by atoms with Crippen LogP contribution in [0.15, 0.2) is 36.4 Å². The number of ether oxygens (including phenoxy) is 3. The molecule has 3 aromatic carbocycles. The van der Waals surface area contributed by atoms with Crippen LogP contribution in [-0.2, 0) is 33.6 Å². The number of nitrogens with one attached hydrogen (secondary N) is 2. The SMILES string of the molecule is CCCCCC(=O)Oc1c(C)c(C)cc2c1[C@@H]1C3Cc4c(O)c(C)c5c(c4[C@H](CNC(=O)C(C)NC(=O)CCc4ccccc4)N3[C@@H](C#N)[C@H](C2)N1C)OCO5. The molecular weight excluding hydrogens is 711 g/mol. The van der Waals surface area contributed by atoms with E-state index in [4.69, 9.17) is 14.2 Å². The lowest BCUT2D eigenvalue weighted by atomic mass is 9.71. The van der Waals surface area contributed by atoms with Crippen LogP contribution in [0.4, 0.5) is 0 Å². The molecule has 3 aromatic rings. The fourth-order valence-corrected chi connectivity index (χ4v) is 9.34. The monoisotopic (exact) mass is 763 g/mol. The van der Waals surface area contributed by atoms with Gasteiger partial charge < -0.3 is 30.0 Å². The van der Waals surface area contributed by atoms with E-state index in [2.05, 4.69) is 39.5 Å². The molecule has 0 aliphatic carbocycles. The molecule has 1 fully saturated rings. The zero-order valence-electron chi connectivity index (χ0n) is 33.2. The largest absolute Gasteiger partial charge is 0.507 e. The van der Waals surface area contributed by atoms with E-state index in [1.807, 2.05) is 51.2 Å². The zero-order valence-corrected chi connectivity index (χ0v) is 33.2. The van der Waals surface area contributed by atoms with Crippen molar-refractivity contribution in [3.63, 3.8) is 0 Å². The molecule has 3 N–H and O–H groups in total. The molecule has 0 aromatic heterocycles. The molecule has 56 heavy (non-hydrogen) atoms. The van der Waals surface area contributed by atoms with Gasteiger partial charge in [0.1, 0.15) is 23.6 Å². The number of aromatic hydroxyl groups is 1. The molecule has 2 bridgehead atoms. The fourth-order valence-electron chi connectivity index (χ4n) is 9.34. The zero-order chi connectivity index (χ0) is 39.8. The molecule has 0 spiro atoms. The molecule has 12 nitrogen and oxygen atoms in total. The van der Waals surface area contributed by atoms with Gasteiger partial charge >= 0.3 is 5.97 Å². The number of piperazine rings is 1. The summed E-state index contributed by atoms with van der Waals surface area (Å²) >= 11 is 0. The van der Waals surface area contributed by atoms with E-state index >= 15 is 0 Å². The molecule has 2 unspecified atom stereocenters. The van der Waals surface area contributed by atoms with E-state index in [0.717, 1.165) is 47.1 Å². The Kier molecular flexibility index (Phi) is 11.3. The summed E-state index contributed by atoms with van der Waals surface area (Å²) in [6, 6.07) is 11.6. The molecule has 4 aliphatic rings. The molecule has 4 heterocycles. The molecule has 6 atom stereocenters. The first kappa shape index (κ1) is 39.1. The quantitative estimate of drug-likeness (QED) is 0.122. The molecular formula is C44H53N5O7. The van der Waals surface area contributed by atoms with Crippen molar-refractivity contribution in [1.29, 1.82) is 5.26 Å². The summed E-state index contributed by atoms with van der Waals surface area (Å²) in [7, 11) is 2.03. The number of likely N-dealkylation sites (N-methyl/N-ethyl adjacent to an activating group) is 1. The second-order valence-corrected chi connectivity index (χ2v) is 15.8. The van der Waals surface area contributed by atoms with Crippen LogP contribution in [0.3, 0.4) is 0 Å². The standard InChI is InChI=1S/C44H53N5O7/c1-7-8-10-15-36(51)56-41-25(3)24(2)18-29-19-31-33(21-45)49-32(39(37(29)41)48(31)6)20-30-38(43-42(54-23-55-43)26(4)40(30)52)34(49)22-46-44(53)27(5)47-35(50)17-16-28-13-11-9-12-14-28/h9,11-14,18,27,31-34,39,52H,7-8,10,15-17,19-20,22-23H2,1-6H3,(H,46,53)(H,47,50)/t27?,31-,32?,33-,34-,39-/m0/s1. The van der Waals surface area contributed by atoms with Crippen LogP contribution in [0.5, 0.6) is 23.0 Å². The van der Waals surface area contributed by atoms with Gasteiger partial charge in [0.15, 0.2) is 11.5 Å². The summed E-state index contributed by atoms with van der Waals surface area (Å²) in [4.78, 5) is 44.4. The van der Waals surface area contributed by atoms with Gasteiger partial charge in [0.25, 0.3) is 0 Å². The summed E-state index contributed by atoms with van der Waals surface area (Å²) in [6.07, 6.45) is 4.74. The van der Waals surface area contributed by atoms with Crippen LogP contribution in [0.1, 0.15) is 103 Å². The third-order valence-corrected chi connectivity index (χ3v) is 12.4. The van der Waals surface area contributed by atoms with Gasteiger partial charge in [-0.05, 0) is 82.7 Å². The van der Waals surface area contributed by atoms with Crippen molar-refractivity contribution in [2.45, 2.75) is 122 Å². The van der Waals surface area contributed by atoms with E-state index in [1.165, 1.54) is 0 Å². The summed E-state index contributed by atoms with van der Waals surface area (Å²) in [5.74, 6) is 0.756. The second kappa shape index (κ2) is 16.2. The lowest BCUT2D eigenvalue weighted by Gasteiger charge is -2.60. The van der Waals surface area contributed by atoms with Crippen molar-refractivity contribution in [3.8, 4) is 29.1 Å². The highest BCUT2D eigenvalue weighted by Crippen LogP contribution is 2.57. The lowest BCUT2D eigenvalue weighted by Crippen LogP contribution is -2.69. The van der Waals surface area contributed by atoms with E-state index < -0.39 is 18.1 Å². The van der Waals surface area contributed by atoms with Crippen molar-refractivity contribution >= 4 is 17.8 Å². The predicted octanol–water partition coefficient (Wildman–Crippen LogP) is 5.56. The normalized spacial score (nSPS) is 22.6. The van der Waals surface area contributed by atoms with Crippen LogP contribution >= 0.6 is 0 Å². The first-order valence-electron chi connectivity index (χ1n) is 19.9. The maximum atomic E-state index is 13.7. The third kappa shape index (κ3) is 7.07. The highest BCUT2D eigenvalue weighted by atomic mass is 16.7. The number of nitrogens with zero attached hydrogens (tertiary/aromatic N) is 3. The Hall–Kier alpha value is -5.12. The summed E-state index contributed by atoms with van der Waals surface area (Å²) < 4.78 is 18.3. The number of phenols is 1. The number of nitriles is 1. The molecule has 7 rings (SSSR count).